The molecule has 0 aliphatic rings. The monoisotopic (exact) mass is 330 g/mol. The van der Waals surface area contributed by atoms with Gasteiger partial charge in [-0.05, 0) is 35.4 Å². The van der Waals surface area contributed by atoms with Crippen molar-refractivity contribution in [2.75, 3.05) is 14.2 Å². The Labute approximate surface area is 139 Å². The van der Waals surface area contributed by atoms with Gasteiger partial charge in [0.05, 0.1) is 26.1 Å². The molecule has 2 aromatic rings. The van der Waals surface area contributed by atoms with Gasteiger partial charge >= 0.3 is 11.9 Å². The Kier molecular flexibility index (Phi) is 5.42. The Morgan fingerprint density at radius 2 is 1.00 bits per heavy atom. The standard InChI is InChI=1S/C18H18O6/c1-23-13-7-3-11(4-8-13)15(17(19)20)16(18(21)22)12-5-9-14(24-2)10-6-12/h3-10,15-16H,1-2H3,(H,19,20)(H,21,22)/t15-,16+. The summed E-state index contributed by atoms with van der Waals surface area (Å²) in [4.78, 5) is 23.6. The largest absolute Gasteiger partial charge is 0.497 e. The van der Waals surface area contributed by atoms with Gasteiger partial charge < -0.3 is 19.7 Å². The van der Waals surface area contributed by atoms with Crippen LogP contribution < -0.4 is 9.47 Å². The van der Waals surface area contributed by atoms with E-state index in [1.54, 1.807) is 48.5 Å². The quantitative estimate of drug-likeness (QED) is 0.811. The number of methoxy groups -OCH3 is 2. The molecule has 0 spiro atoms. The molecule has 0 aliphatic carbocycles. The molecular weight excluding hydrogens is 312 g/mol. The first-order valence-corrected chi connectivity index (χ1v) is 7.21. The molecule has 0 saturated heterocycles. The molecule has 0 saturated carbocycles. The van der Waals surface area contributed by atoms with E-state index < -0.39 is 23.8 Å². The number of ether oxygens (including phenoxy) is 2. The van der Waals surface area contributed by atoms with E-state index in [1.807, 2.05) is 0 Å². The number of carboxylic acid groups (broad SMARTS) is 2. The van der Waals surface area contributed by atoms with Crippen molar-refractivity contribution in [3.05, 3.63) is 59.7 Å². The van der Waals surface area contributed by atoms with E-state index in [9.17, 15) is 19.8 Å². The third-order valence-electron chi connectivity index (χ3n) is 3.82. The van der Waals surface area contributed by atoms with Crippen LogP contribution in [0.25, 0.3) is 0 Å². The summed E-state index contributed by atoms with van der Waals surface area (Å²) in [6.07, 6.45) is 0. The lowest BCUT2D eigenvalue weighted by Crippen LogP contribution is -2.26. The number of carboxylic acids is 2. The van der Waals surface area contributed by atoms with Gasteiger partial charge in [0.15, 0.2) is 0 Å². The average Bonchev–Trinajstić information content (AvgIpc) is 2.59. The maximum atomic E-state index is 11.8. The van der Waals surface area contributed by atoms with Crippen molar-refractivity contribution in [3.8, 4) is 11.5 Å². The van der Waals surface area contributed by atoms with Gasteiger partial charge in [-0.2, -0.15) is 0 Å². The summed E-state index contributed by atoms with van der Waals surface area (Å²) in [6.45, 7) is 0. The van der Waals surface area contributed by atoms with E-state index >= 15 is 0 Å². The van der Waals surface area contributed by atoms with E-state index in [4.69, 9.17) is 9.47 Å². The third kappa shape index (κ3) is 3.65. The van der Waals surface area contributed by atoms with Gasteiger partial charge in [-0.15, -0.1) is 0 Å². The first kappa shape index (κ1) is 17.3. The maximum Gasteiger partial charge on any atom is 0.312 e. The van der Waals surface area contributed by atoms with Gasteiger partial charge in [0.1, 0.15) is 11.5 Å². The lowest BCUT2D eigenvalue weighted by molar-refractivity contribution is -0.147. The van der Waals surface area contributed by atoms with Crippen LogP contribution in [-0.2, 0) is 9.59 Å². The minimum Gasteiger partial charge on any atom is -0.497 e. The van der Waals surface area contributed by atoms with Crippen LogP contribution in [0.5, 0.6) is 11.5 Å². The lowest BCUT2D eigenvalue weighted by atomic mass is 9.81. The molecule has 2 rings (SSSR count). The molecule has 0 amide bonds. The zero-order valence-corrected chi connectivity index (χ0v) is 13.3. The molecule has 0 fully saturated rings. The van der Waals surface area contributed by atoms with Gasteiger partial charge in [0, 0.05) is 0 Å². The zero-order valence-electron chi connectivity index (χ0n) is 13.3. The van der Waals surface area contributed by atoms with E-state index in [2.05, 4.69) is 0 Å². The highest BCUT2D eigenvalue weighted by atomic mass is 16.5. The fourth-order valence-corrected chi connectivity index (χ4v) is 2.58. The highest BCUT2D eigenvalue weighted by Gasteiger charge is 2.36. The van der Waals surface area contributed by atoms with Crippen molar-refractivity contribution in [1.29, 1.82) is 0 Å². The number of benzene rings is 2. The summed E-state index contributed by atoms with van der Waals surface area (Å²) >= 11 is 0. The SMILES string of the molecule is COc1ccc([C@@H](C(=O)O)[C@@H](C(=O)O)c2ccc(OC)cc2)cc1. The van der Waals surface area contributed by atoms with Crippen LogP contribution in [0.1, 0.15) is 23.0 Å². The third-order valence-corrected chi connectivity index (χ3v) is 3.82. The minimum absolute atomic E-state index is 0.395. The topological polar surface area (TPSA) is 93.1 Å². The summed E-state index contributed by atoms with van der Waals surface area (Å²) in [5.41, 5.74) is 0.790. The highest BCUT2D eigenvalue weighted by Crippen LogP contribution is 2.35. The molecule has 0 radical (unpaired) electrons. The summed E-state index contributed by atoms with van der Waals surface area (Å²) in [7, 11) is 3.00. The molecule has 0 heterocycles. The fourth-order valence-electron chi connectivity index (χ4n) is 2.58. The van der Waals surface area contributed by atoms with Gasteiger partial charge in [-0.25, -0.2) is 0 Å². The maximum absolute atomic E-state index is 11.8. The molecule has 2 aromatic carbocycles. The Bertz CT molecular complexity index is 642. The average molecular weight is 330 g/mol. The number of hydrogen-bond acceptors (Lipinski definition) is 4. The summed E-state index contributed by atoms with van der Waals surface area (Å²) in [6, 6.07) is 12.7. The van der Waals surface area contributed by atoms with Crippen LogP contribution in [0.4, 0.5) is 0 Å². The van der Waals surface area contributed by atoms with Crippen molar-refractivity contribution in [2.45, 2.75) is 11.8 Å². The molecule has 126 valence electrons. The van der Waals surface area contributed by atoms with Crippen LogP contribution in [-0.4, -0.2) is 36.4 Å². The van der Waals surface area contributed by atoms with E-state index in [0.29, 0.717) is 22.6 Å². The van der Waals surface area contributed by atoms with Gasteiger partial charge in [0.2, 0.25) is 0 Å². The molecule has 0 unspecified atom stereocenters. The van der Waals surface area contributed by atoms with Crippen LogP contribution in [0.2, 0.25) is 0 Å². The predicted octanol–water partition coefficient (Wildman–Crippen LogP) is 2.74. The summed E-state index contributed by atoms with van der Waals surface area (Å²) < 4.78 is 10.1. The Morgan fingerprint density at radius 1 is 0.708 bits per heavy atom. The van der Waals surface area contributed by atoms with Gasteiger partial charge in [-0.1, -0.05) is 24.3 Å². The molecule has 0 bridgehead atoms. The van der Waals surface area contributed by atoms with E-state index in [-0.39, 0.29) is 0 Å². The molecule has 6 nitrogen and oxygen atoms in total. The molecule has 6 heteroatoms. The fraction of sp³-hybridized carbons (Fsp3) is 0.222. The molecule has 2 atom stereocenters. The van der Waals surface area contributed by atoms with Crippen LogP contribution in [0.3, 0.4) is 0 Å². The molecule has 0 aromatic heterocycles. The lowest BCUT2D eigenvalue weighted by Gasteiger charge is -2.21. The second-order valence-electron chi connectivity index (χ2n) is 5.18. The predicted molar refractivity (Wildman–Crippen MR) is 86.7 cm³/mol. The first-order valence-electron chi connectivity index (χ1n) is 7.21. The summed E-state index contributed by atoms with van der Waals surface area (Å²) in [5.74, 6) is -3.71. The van der Waals surface area contributed by atoms with E-state index in [1.165, 1.54) is 14.2 Å². The number of carbonyl (C=O) groups is 2. The first-order chi connectivity index (χ1) is 11.5. The highest BCUT2D eigenvalue weighted by molar-refractivity contribution is 5.88. The van der Waals surface area contributed by atoms with Crippen molar-refractivity contribution < 1.29 is 29.3 Å². The number of aliphatic carboxylic acids is 2. The van der Waals surface area contributed by atoms with Gasteiger partial charge in [0.25, 0.3) is 0 Å². The minimum atomic E-state index is -1.22. The second kappa shape index (κ2) is 7.50. The van der Waals surface area contributed by atoms with Crippen molar-refractivity contribution in [3.63, 3.8) is 0 Å². The molecule has 0 aliphatic heterocycles. The van der Waals surface area contributed by atoms with Crippen molar-refractivity contribution in [1.82, 2.24) is 0 Å². The van der Waals surface area contributed by atoms with Crippen molar-refractivity contribution in [2.24, 2.45) is 0 Å². The second-order valence-corrected chi connectivity index (χ2v) is 5.18. The number of rotatable bonds is 7. The van der Waals surface area contributed by atoms with Crippen molar-refractivity contribution >= 4 is 11.9 Å². The Morgan fingerprint density at radius 3 is 1.21 bits per heavy atom. The summed E-state index contributed by atoms with van der Waals surface area (Å²) in [5, 5.41) is 19.2. The van der Waals surface area contributed by atoms with Crippen LogP contribution in [0.15, 0.2) is 48.5 Å². The molecular formula is C18H18O6. The molecule has 24 heavy (non-hydrogen) atoms. The smallest absolute Gasteiger partial charge is 0.312 e. The van der Waals surface area contributed by atoms with E-state index in [0.717, 1.165) is 0 Å². The normalized spacial score (nSPS) is 12.9. The Balaban J connectivity index is 2.46. The van der Waals surface area contributed by atoms with Crippen LogP contribution in [0, 0.1) is 0 Å². The number of hydrogen-bond donors (Lipinski definition) is 2. The van der Waals surface area contributed by atoms with Crippen LogP contribution >= 0.6 is 0 Å². The molecule has 2 N–H and O–H groups in total. The zero-order chi connectivity index (χ0) is 17.7. The van der Waals surface area contributed by atoms with Gasteiger partial charge in [-0.3, -0.25) is 9.59 Å². The Hall–Kier alpha value is -3.02.